The van der Waals surface area contributed by atoms with E-state index in [0.29, 0.717) is 12.3 Å². The number of halogens is 1. The molecule has 0 amide bonds. The average Bonchev–Trinajstić information content (AvgIpc) is 2.53. The molecule has 2 heterocycles. The zero-order chi connectivity index (χ0) is 11.9. The van der Waals surface area contributed by atoms with Crippen molar-refractivity contribution >= 4 is 21.4 Å². The van der Waals surface area contributed by atoms with Crippen LogP contribution in [0, 0.1) is 0 Å². The van der Waals surface area contributed by atoms with Crippen LogP contribution in [0.4, 0.5) is 0 Å². The predicted octanol–water partition coefficient (Wildman–Crippen LogP) is 1.67. The first-order valence-electron chi connectivity index (χ1n) is 5.30. The van der Waals surface area contributed by atoms with Gasteiger partial charge in [0.1, 0.15) is 0 Å². The van der Waals surface area contributed by atoms with Crippen LogP contribution < -0.4 is 0 Å². The lowest BCUT2D eigenvalue weighted by molar-refractivity contribution is 0.512. The second kappa shape index (κ2) is 4.04. The number of alkyl halides is 1. The van der Waals surface area contributed by atoms with Crippen molar-refractivity contribution in [3.63, 3.8) is 0 Å². The molecule has 0 saturated carbocycles. The Morgan fingerprint density at radius 3 is 2.75 bits per heavy atom. The molecule has 6 heteroatoms. The van der Waals surface area contributed by atoms with Crippen molar-refractivity contribution in [1.82, 2.24) is 9.78 Å². The van der Waals surface area contributed by atoms with Crippen LogP contribution in [0.2, 0.25) is 0 Å². The van der Waals surface area contributed by atoms with Gasteiger partial charge in [0.05, 0.1) is 28.8 Å². The van der Waals surface area contributed by atoms with E-state index < -0.39 is 9.84 Å². The summed E-state index contributed by atoms with van der Waals surface area (Å²) >= 11 is 5.89. The summed E-state index contributed by atoms with van der Waals surface area (Å²) in [6, 6.07) is 0.210. The normalized spacial score (nSPS) is 18.8. The molecule has 0 unspecified atom stereocenters. The molecule has 0 fully saturated rings. The number of hydrogen-bond acceptors (Lipinski definition) is 3. The van der Waals surface area contributed by atoms with Gasteiger partial charge in [-0.2, -0.15) is 5.10 Å². The number of hydrogen-bond donors (Lipinski definition) is 0. The van der Waals surface area contributed by atoms with Crippen molar-refractivity contribution in [3.8, 4) is 0 Å². The van der Waals surface area contributed by atoms with Gasteiger partial charge in [-0.05, 0) is 13.8 Å². The molecule has 0 spiro atoms. The number of fused-ring (bicyclic) bond motifs is 1. The van der Waals surface area contributed by atoms with Crippen molar-refractivity contribution in [1.29, 1.82) is 0 Å². The van der Waals surface area contributed by atoms with Gasteiger partial charge in [-0.25, -0.2) is 8.42 Å². The van der Waals surface area contributed by atoms with E-state index >= 15 is 0 Å². The van der Waals surface area contributed by atoms with Gasteiger partial charge in [0, 0.05) is 18.0 Å². The van der Waals surface area contributed by atoms with E-state index in [0.717, 1.165) is 17.0 Å². The van der Waals surface area contributed by atoms with Crippen molar-refractivity contribution in [2.75, 3.05) is 5.75 Å². The number of sulfone groups is 1. The van der Waals surface area contributed by atoms with Crippen LogP contribution in [0.1, 0.15) is 36.8 Å². The highest BCUT2D eigenvalue weighted by atomic mass is 35.5. The van der Waals surface area contributed by atoms with Gasteiger partial charge in [0.25, 0.3) is 0 Å². The molecule has 0 bridgehead atoms. The van der Waals surface area contributed by atoms with E-state index in [9.17, 15) is 8.42 Å². The number of aromatic nitrogens is 2. The van der Waals surface area contributed by atoms with Crippen molar-refractivity contribution in [3.05, 3.63) is 17.0 Å². The standard InChI is InChI=1S/C10H15ClN2O2S/c1-7(2)13-10(5-11)8-6-16(14,15)4-3-9(8)12-13/h7H,3-6H2,1-2H3. The van der Waals surface area contributed by atoms with Gasteiger partial charge in [0.2, 0.25) is 0 Å². The lowest BCUT2D eigenvalue weighted by atomic mass is 10.1. The number of rotatable bonds is 2. The minimum absolute atomic E-state index is 0.0944. The van der Waals surface area contributed by atoms with Crippen LogP contribution in [0.25, 0.3) is 0 Å². The fourth-order valence-electron chi connectivity index (χ4n) is 2.04. The number of aryl methyl sites for hydroxylation is 1. The van der Waals surface area contributed by atoms with Gasteiger partial charge in [0.15, 0.2) is 9.84 Å². The van der Waals surface area contributed by atoms with Gasteiger partial charge in [-0.1, -0.05) is 0 Å². The van der Waals surface area contributed by atoms with Gasteiger partial charge >= 0.3 is 0 Å². The zero-order valence-corrected chi connectivity index (χ0v) is 11.0. The van der Waals surface area contributed by atoms with Crippen LogP contribution in [0.3, 0.4) is 0 Å². The molecule has 0 saturated heterocycles. The number of nitrogens with zero attached hydrogens (tertiary/aromatic N) is 2. The Kier molecular flexibility index (Phi) is 3.01. The summed E-state index contributed by atoms with van der Waals surface area (Å²) in [6.07, 6.45) is 0.515. The SMILES string of the molecule is CC(C)n1nc2c(c1CCl)CS(=O)(=O)CC2. The highest BCUT2D eigenvalue weighted by Crippen LogP contribution is 2.26. The third kappa shape index (κ3) is 1.98. The van der Waals surface area contributed by atoms with Crippen LogP contribution in [0.15, 0.2) is 0 Å². The Labute approximate surface area is 101 Å². The molecule has 0 aromatic carbocycles. The molecule has 16 heavy (non-hydrogen) atoms. The lowest BCUT2D eigenvalue weighted by Crippen LogP contribution is -2.18. The van der Waals surface area contributed by atoms with Crippen molar-refractivity contribution in [2.45, 2.75) is 37.9 Å². The zero-order valence-electron chi connectivity index (χ0n) is 9.40. The molecule has 0 N–H and O–H groups in total. The van der Waals surface area contributed by atoms with Crippen molar-refractivity contribution in [2.24, 2.45) is 0 Å². The third-order valence-electron chi connectivity index (χ3n) is 2.83. The first kappa shape index (κ1) is 11.9. The third-order valence-corrected chi connectivity index (χ3v) is 4.64. The highest BCUT2D eigenvalue weighted by Gasteiger charge is 2.28. The summed E-state index contributed by atoms with van der Waals surface area (Å²) < 4.78 is 25.0. The van der Waals surface area contributed by atoms with E-state index in [4.69, 9.17) is 11.6 Å². The summed E-state index contributed by atoms with van der Waals surface area (Å²) in [4.78, 5) is 0. The van der Waals surface area contributed by atoms with E-state index in [1.807, 2.05) is 18.5 Å². The smallest absolute Gasteiger partial charge is 0.154 e. The molecule has 90 valence electrons. The molecule has 1 aromatic heterocycles. The molecule has 0 aliphatic carbocycles. The minimum atomic E-state index is -2.95. The van der Waals surface area contributed by atoms with Crippen LogP contribution in [-0.4, -0.2) is 24.0 Å². The molecule has 2 rings (SSSR count). The molecule has 0 atom stereocenters. The van der Waals surface area contributed by atoms with Crippen molar-refractivity contribution < 1.29 is 8.42 Å². The maximum absolute atomic E-state index is 11.6. The highest BCUT2D eigenvalue weighted by molar-refractivity contribution is 7.90. The predicted molar refractivity (Wildman–Crippen MR) is 63.4 cm³/mol. The van der Waals surface area contributed by atoms with E-state index in [1.165, 1.54) is 0 Å². The Morgan fingerprint density at radius 2 is 2.19 bits per heavy atom. The molecule has 1 aliphatic rings. The second-order valence-corrected chi connectivity index (χ2v) is 6.84. The maximum atomic E-state index is 11.6. The van der Waals surface area contributed by atoms with Crippen LogP contribution >= 0.6 is 11.6 Å². The van der Waals surface area contributed by atoms with E-state index in [2.05, 4.69) is 5.10 Å². The van der Waals surface area contributed by atoms with E-state index in [1.54, 1.807) is 0 Å². The Balaban J connectivity index is 2.54. The van der Waals surface area contributed by atoms with Gasteiger partial charge in [-0.3, -0.25) is 4.68 Å². The Morgan fingerprint density at radius 1 is 1.50 bits per heavy atom. The Bertz CT molecular complexity index is 505. The van der Waals surface area contributed by atoms with Crippen LogP contribution in [-0.2, 0) is 27.9 Å². The lowest BCUT2D eigenvalue weighted by Gasteiger charge is -2.12. The summed E-state index contributed by atoms with van der Waals surface area (Å²) in [7, 11) is -2.95. The second-order valence-electron chi connectivity index (χ2n) is 4.39. The average molecular weight is 263 g/mol. The summed E-state index contributed by atoms with van der Waals surface area (Å²) in [5, 5.41) is 4.45. The molecular formula is C10H15ClN2O2S. The maximum Gasteiger partial charge on any atom is 0.154 e. The summed E-state index contributed by atoms with van der Waals surface area (Å²) in [6.45, 7) is 4.03. The van der Waals surface area contributed by atoms with Crippen LogP contribution in [0.5, 0.6) is 0 Å². The fraction of sp³-hybridized carbons (Fsp3) is 0.700. The largest absolute Gasteiger partial charge is 0.265 e. The molecule has 1 aromatic rings. The quantitative estimate of drug-likeness (QED) is 0.762. The minimum Gasteiger partial charge on any atom is -0.265 e. The molecule has 0 radical (unpaired) electrons. The fourth-order valence-corrected chi connectivity index (χ4v) is 3.74. The first-order valence-corrected chi connectivity index (χ1v) is 7.65. The Hall–Kier alpha value is -0.550. The molecule has 4 nitrogen and oxygen atoms in total. The molecular weight excluding hydrogens is 248 g/mol. The monoisotopic (exact) mass is 262 g/mol. The summed E-state index contributed by atoms with van der Waals surface area (Å²) in [5.41, 5.74) is 2.59. The summed E-state index contributed by atoms with van der Waals surface area (Å²) in [5.74, 6) is 0.615. The first-order chi connectivity index (χ1) is 7.44. The van der Waals surface area contributed by atoms with E-state index in [-0.39, 0.29) is 17.5 Å². The molecule has 1 aliphatic heterocycles. The van der Waals surface area contributed by atoms with Gasteiger partial charge < -0.3 is 0 Å². The van der Waals surface area contributed by atoms with Gasteiger partial charge in [-0.15, -0.1) is 11.6 Å². The topological polar surface area (TPSA) is 52.0 Å².